The van der Waals surface area contributed by atoms with Crippen molar-refractivity contribution < 1.29 is 23.5 Å². The fraction of sp³-hybridized carbons (Fsp3) is 0.476. The topological polar surface area (TPSA) is 80.8 Å². The molecule has 0 unspecified atom stereocenters. The van der Waals surface area contributed by atoms with Crippen LogP contribution in [-0.4, -0.2) is 54.1 Å². The first kappa shape index (κ1) is 23.5. The van der Waals surface area contributed by atoms with Gasteiger partial charge in [-0.05, 0) is 55.6 Å². The maximum Gasteiger partial charge on any atom is 0.410 e. The molecule has 10 heteroatoms. The van der Waals surface area contributed by atoms with E-state index in [1.807, 2.05) is 20.8 Å². The molecule has 1 amide bonds. The summed E-state index contributed by atoms with van der Waals surface area (Å²) in [6, 6.07) is 1.50. The van der Waals surface area contributed by atoms with Gasteiger partial charge >= 0.3 is 6.09 Å². The van der Waals surface area contributed by atoms with Crippen LogP contribution in [0.3, 0.4) is 0 Å². The molecule has 31 heavy (non-hydrogen) atoms. The van der Waals surface area contributed by atoms with Gasteiger partial charge in [-0.1, -0.05) is 11.6 Å². The number of amides is 1. The summed E-state index contributed by atoms with van der Waals surface area (Å²) in [4.78, 5) is 30.0. The van der Waals surface area contributed by atoms with Gasteiger partial charge in [0.05, 0.1) is 22.3 Å². The number of pyridine rings is 1. The SMILES string of the molecule is COc1nc2c(F)c(Br)c(Cl)cc2c(NC2CCN(C(=O)OC(C)(C)C)CC2)c1C=O. The molecule has 3 rings (SSSR count). The molecule has 1 N–H and O–H groups in total. The van der Waals surface area contributed by atoms with Crippen molar-refractivity contribution in [2.24, 2.45) is 0 Å². The first-order valence-corrected chi connectivity index (χ1v) is 11.0. The van der Waals surface area contributed by atoms with Crippen molar-refractivity contribution in [1.29, 1.82) is 0 Å². The monoisotopic (exact) mass is 515 g/mol. The second-order valence-electron chi connectivity index (χ2n) is 8.30. The van der Waals surface area contributed by atoms with Crippen molar-refractivity contribution >= 4 is 56.5 Å². The number of hydrogen-bond acceptors (Lipinski definition) is 6. The number of aromatic nitrogens is 1. The molecule has 1 aromatic heterocycles. The van der Waals surface area contributed by atoms with E-state index in [0.717, 1.165) is 0 Å². The highest BCUT2D eigenvalue weighted by Crippen LogP contribution is 2.39. The Morgan fingerprint density at radius 3 is 2.58 bits per heavy atom. The van der Waals surface area contributed by atoms with E-state index in [4.69, 9.17) is 21.1 Å². The normalized spacial score (nSPS) is 15.1. The fourth-order valence-electron chi connectivity index (χ4n) is 3.46. The number of benzene rings is 1. The van der Waals surface area contributed by atoms with Crippen molar-refractivity contribution in [3.63, 3.8) is 0 Å². The van der Waals surface area contributed by atoms with Crippen molar-refractivity contribution in [2.45, 2.75) is 45.3 Å². The Hall–Kier alpha value is -2.13. The average molecular weight is 517 g/mol. The van der Waals surface area contributed by atoms with E-state index in [1.54, 1.807) is 11.0 Å². The molecule has 1 fully saturated rings. The maximum absolute atomic E-state index is 14.8. The Labute approximate surface area is 193 Å². The highest BCUT2D eigenvalue weighted by molar-refractivity contribution is 9.10. The summed E-state index contributed by atoms with van der Waals surface area (Å²) >= 11 is 9.28. The summed E-state index contributed by atoms with van der Waals surface area (Å²) in [6.07, 6.45) is 1.51. The van der Waals surface area contributed by atoms with Crippen LogP contribution in [0.4, 0.5) is 14.9 Å². The second kappa shape index (κ2) is 9.16. The molecule has 168 valence electrons. The van der Waals surface area contributed by atoms with Gasteiger partial charge in [0, 0.05) is 24.5 Å². The number of carbonyl (C=O) groups is 2. The van der Waals surface area contributed by atoms with E-state index >= 15 is 0 Å². The minimum absolute atomic E-state index is 0.0179. The van der Waals surface area contributed by atoms with E-state index < -0.39 is 11.4 Å². The third kappa shape index (κ3) is 5.03. The summed E-state index contributed by atoms with van der Waals surface area (Å²) in [5.74, 6) is -0.620. The lowest BCUT2D eigenvalue weighted by molar-refractivity contribution is 0.0210. The molecule has 1 aliphatic rings. The molecule has 0 saturated carbocycles. The van der Waals surface area contributed by atoms with Gasteiger partial charge in [-0.3, -0.25) is 4.79 Å². The number of nitrogens with one attached hydrogen (secondary N) is 1. The van der Waals surface area contributed by atoms with E-state index in [1.165, 1.54) is 7.11 Å². The van der Waals surface area contributed by atoms with Gasteiger partial charge < -0.3 is 19.7 Å². The lowest BCUT2D eigenvalue weighted by Gasteiger charge is -2.34. The molecule has 1 aliphatic heterocycles. The van der Waals surface area contributed by atoms with Gasteiger partial charge in [0.15, 0.2) is 12.1 Å². The van der Waals surface area contributed by atoms with Crippen molar-refractivity contribution in [3.05, 3.63) is 26.9 Å². The highest BCUT2D eigenvalue weighted by atomic mass is 79.9. The van der Waals surface area contributed by atoms with Crippen LogP contribution in [0.1, 0.15) is 44.0 Å². The quantitative estimate of drug-likeness (QED) is 0.432. The Morgan fingerprint density at radius 2 is 2.03 bits per heavy atom. The molecule has 7 nitrogen and oxygen atoms in total. The van der Waals surface area contributed by atoms with Crippen LogP contribution in [0.25, 0.3) is 10.9 Å². The molecule has 0 spiro atoms. The standard InChI is InChI=1S/C21H24BrClFN3O4/c1-21(2,3)31-20(29)27-7-5-11(6-8-27)25-17-12-9-14(23)15(22)16(24)18(12)26-19(30-4)13(17)10-28/h9-11H,5-8H2,1-4H3,(H,25,26). The zero-order valence-electron chi connectivity index (χ0n) is 17.7. The molecule has 1 aromatic carbocycles. The Kier molecular flexibility index (Phi) is 6.95. The van der Waals surface area contributed by atoms with Gasteiger partial charge in [-0.25, -0.2) is 14.2 Å². The minimum atomic E-state index is -0.638. The van der Waals surface area contributed by atoms with E-state index in [9.17, 15) is 14.0 Å². The molecule has 2 aromatic rings. The van der Waals surface area contributed by atoms with Crippen LogP contribution in [0.2, 0.25) is 5.02 Å². The zero-order chi connectivity index (χ0) is 22.9. The largest absolute Gasteiger partial charge is 0.480 e. The molecular formula is C21H24BrClFN3O4. The van der Waals surface area contributed by atoms with Crippen molar-refractivity contribution in [2.75, 3.05) is 25.5 Å². The smallest absolute Gasteiger partial charge is 0.410 e. The van der Waals surface area contributed by atoms with Crippen molar-refractivity contribution in [1.82, 2.24) is 9.88 Å². The third-order valence-corrected chi connectivity index (χ3v) is 6.23. The first-order chi connectivity index (χ1) is 14.6. The van der Waals surface area contributed by atoms with E-state index in [2.05, 4.69) is 26.2 Å². The summed E-state index contributed by atoms with van der Waals surface area (Å²) in [7, 11) is 1.37. The zero-order valence-corrected chi connectivity index (χ0v) is 20.1. The number of nitrogens with zero attached hydrogens (tertiary/aromatic N) is 2. The molecule has 0 atom stereocenters. The molecule has 0 radical (unpaired) electrons. The summed E-state index contributed by atoms with van der Waals surface area (Å²) < 4.78 is 25.6. The van der Waals surface area contributed by atoms with Gasteiger partial charge in [0.1, 0.15) is 16.7 Å². The van der Waals surface area contributed by atoms with Crippen LogP contribution < -0.4 is 10.1 Å². The van der Waals surface area contributed by atoms with Gasteiger partial charge in [0.2, 0.25) is 5.88 Å². The van der Waals surface area contributed by atoms with E-state index in [0.29, 0.717) is 43.3 Å². The maximum atomic E-state index is 14.8. The Morgan fingerprint density at radius 1 is 1.39 bits per heavy atom. The number of aldehydes is 1. The number of carbonyl (C=O) groups excluding carboxylic acids is 2. The predicted octanol–water partition coefficient (Wildman–Crippen LogP) is 5.42. The first-order valence-electron chi connectivity index (χ1n) is 9.80. The van der Waals surface area contributed by atoms with E-state index in [-0.39, 0.29) is 38.6 Å². The number of hydrogen-bond donors (Lipinski definition) is 1. The minimum Gasteiger partial charge on any atom is -0.480 e. The average Bonchev–Trinajstić information content (AvgIpc) is 2.71. The van der Waals surface area contributed by atoms with Crippen LogP contribution in [0.5, 0.6) is 5.88 Å². The molecule has 1 saturated heterocycles. The number of piperidine rings is 1. The van der Waals surface area contributed by atoms with Gasteiger partial charge in [0.25, 0.3) is 0 Å². The number of likely N-dealkylation sites (tertiary alicyclic amines) is 1. The lowest BCUT2D eigenvalue weighted by Crippen LogP contribution is -2.44. The number of halogens is 3. The Balaban J connectivity index is 1.90. The number of rotatable bonds is 4. The summed E-state index contributed by atoms with van der Waals surface area (Å²) in [6.45, 7) is 6.45. The molecule has 0 bridgehead atoms. The van der Waals surface area contributed by atoms with Crippen LogP contribution in [-0.2, 0) is 4.74 Å². The number of fused-ring (bicyclic) bond motifs is 1. The lowest BCUT2D eigenvalue weighted by atomic mass is 10.0. The van der Waals surface area contributed by atoms with Crippen LogP contribution in [0.15, 0.2) is 10.5 Å². The number of methoxy groups -OCH3 is 1. The third-order valence-electron chi connectivity index (χ3n) is 4.93. The molecule has 2 heterocycles. The second-order valence-corrected chi connectivity index (χ2v) is 9.50. The fourth-order valence-corrected chi connectivity index (χ4v) is 3.95. The number of anilines is 1. The van der Waals surface area contributed by atoms with Crippen LogP contribution in [0, 0.1) is 5.82 Å². The van der Waals surface area contributed by atoms with Crippen LogP contribution >= 0.6 is 27.5 Å². The molecular weight excluding hydrogens is 493 g/mol. The van der Waals surface area contributed by atoms with Gasteiger partial charge in [-0.2, -0.15) is 0 Å². The molecule has 0 aliphatic carbocycles. The van der Waals surface area contributed by atoms with Crippen molar-refractivity contribution in [3.8, 4) is 5.88 Å². The Bertz CT molecular complexity index is 1020. The van der Waals surface area contributed by atoms with Gasteiger partial charge in [-0.15, -0.1) is 0 Å². The summed E-state index contributed by atoms with van der Waals surface area (Å²) in [5.41, 5.74) is 0.0606. The number of ether oxygens (including phenoxy) is 2. The highest BCUT2D eigenvalue weighted by Gasteiger charge is 2.28. The predicted molar refractivity (Wildman–Crippen MR) is 121 cm³/mol. The summed E-state index contributed by atoms with van der Waals surface area (Å²) in [5, 5.41) is 3.87.